The number of aryl methyl sites for hydroxylation is 2. The van der Waals surface area contributed by atoms with Gasteiger partial charge in [0.05, 0.1) is 18.4 Å². The van der Waals surface area contributed by atoms with E-state index in [-0.39, 0.29) is 12.0 Å². The van der Waals surface area contributed by atoms with Crippen molar-refractivity contribution in [3.63, 3.8) is 0 Å². The fourth-order valence-corrected chi connectivity index (χ4v) is 3.83. The van der Waals surface area contributed by atoms with E-state index in [2.05, 4.69) is 5.16 Å². The number of nitrogens with zero attached hydrogens (tertiary/aromatic N) is 2. The van der Waals surface area contributed by atoms with Crippen molar-refractivity contribution in [3.8, 4) is 0 Å². The Morgan fingerprint density at radius 2 is 2.19 bits per heavy atom. The highest BCUT2D eigenvalue weighted by atomic mass is 35.5. The van der Waals surface area contributed by atoms with Crippen LogP contribution in [0.5, 0.6) is 0 Å². The lowest BCUT2D eigenvalue weighted by Crippen LogP contribution is -2.41. The summed E-state index contributed by atoms with van der Waals surface area (Å²) in [6.45, 7) is 9.62. The minimum Gasteiger partial charge on any atom is -0.371 e. The number of amides is 1. The Morgan fingerprint density at radius 3 is 2.85 bits per heavy atom. The summed E-state index contributed by atoms with van der Waals surface area (Å²) >= 11 is 6.08. The molecule has 1 atom stereocenters. The van der Waals surface area contributed by atoms with Gasteiger partial charge in [-0.05, 0) is 44.4 Å². The SMILES string of the molecule is Cc1noc(C)c1COC1CCN(C(=O)C(C)(C)Cc2cccc(Cl)c2)C1. The molecule has 6 heteroatoms. The van der Waals surface area contributed by atoms with E-state index in [1.165, 1.54) is 0 Å². The molecule has 0 radical (unpaired) electrons. The lowest BCUT2D eigenvalue weighted by Gasteiger charge is -2.29. The van der Waals surface area contributed by atoms with Crippen molar-refractivity contribution >= 4 is 17.5 Å². The van der Waals surface area contributed by atoms with Crippen LogP contribution in [-0.4, -0.2) is 35.2 Å². The minimum atomic E-state index is -0.485. The molecule has 1 aliphatic rings. The first-order valence-corrected chi connectivity index (χ1v) is 9.71. The first-order valence-electron chi connectivity index (χ1n) is 9.33. The molecule has 0 saturated carbocycles. The summed E-state index contributed by atoms with van der Waals surface area (Å²) in [5, 5.41) is 4.65. The number of rotatable bonds is 6. The lowest BCUT2D eigenvalue weighted by atomic mass is 9.84. The highest BCUT2D eigenvalue weighted by Gasteiger charge is 2.36. The van der Waals surface area contributed by atoms with E-state index in [4.69, 9.17) is 20.9 Å². The third-order valence-electron chi connectivity index (χ3n) is 5.19. The number of likely N-dealkylation sites (tertiary alicyclic amines) is 1. The van der Waals surface area contributed by atoms with Crippen LogP contribution in [0.15, 0.2) is 28.8 Å². The molecule has 0 N–H and O–H groups in total. The van der Waals surface area contributed by atoms with Crippen molar-refractivity contribution in [3.05, 3.63) is 51.9 Å². The summed E-state index contributed by atoms with van der Waals surface area (Å²) in [4.78, 5) is 15.0. The molecule has 0 aliphatic carbocycles. The maximum atomic E-state index is 13.1. The molecule has 0 spiro atoms. The molecule has 2 aromatic rings. The molecule has 1 fully saturated rings. The number of carbonyl (C=O) groups is 1. The highest BCUT2D eigenvalue weighted by Crippen LogP contribution is 2.28. The second-order valence-corrected chi connectivity index (χ2v) is 8.40. The van der Waals surface area contributed by atoms with Crippen LogP contribution in [0.2, 0.25) is 5.02 Å². The van der Waals surface area contributed by atoms with Gasteiger partial charge in [0.1, 0.15) is 5.76 Å². The summed E-state index contributed by atoms with van der Waals surface area (Å²) in [6.07, 6.45) is 1.56. The van der Waals surface area contributed by atoms with Crippen molar-refractivity contribution in [2.75, 3.05) is 13.1 Å². The van der Waals surface area contributed by atoms with Crippen molar-refractivity contribution in [1.29, 1.82) is 0 Å². The molecule has 2 heterocycles. The molecule has 1 aromatic carbocycles. The van der Waals surface area contributed by atoms with Gasteiger partial charge in [0.2, 0.25) is 5.91 Å². The lowest BCUT2D eigenvalue weighted by molar-refractivity contribution is -0.139. The number of benzene rings is 1. The Kier molecular flexibility index (Phi) is 5.92. The van der Waals surface area contributed by atoms with Gasteiger partial charge in [-0.1, -0.05) is 42.7 Å². The molecule has 1 amide bonds. The van der Waals surface area contributed by atoms with Gasteiger partial charge in [-0.3, -0.25) is 4.79 Å². The van der Waals surface area contributed by atoms with Gasteiger partial charge >= 0.3 is 0 Å². The summed E-state index contributed by atoms with van der Waals surface area (Å²) in [6, 6.07) is 7.71. The maximum absolute atomic E-state index is 13.1. The summed E-state index contributed by atoms with van der Waals surface area (Å²) in [5.41, 5.74) is 2.45. The summed E-state index contributed by atoms with van der Waals surface area (Å²) in [7, 11) is 0. The molecule has 0 bridgehead atoms. The fourth-order valence-electron chi connectivity index (χ4n) is 3.62. The van der Waals surface area contributed by atoms with Crippen molar-refractivity contribution in [2.24, 2.45) is 5.41 Å². The number of hydrogen-bond donors (Lipinski definition) is 0. The van der Waals surface area contributed by atoms with Crippen molar-refractivity contribution in [2.45, 2.75) is 53.2 Å². The normalized spacial score (nSPS) is 17.5. The van der Waals surface area contributed by atoms with Crippen LogP contribution in [0, 0.1) is 19.3 Å². The van der Waals surface area contributed by atoms with Crippen LogP contribution in [0.4, 0.5) is 0 Å². The second-order valence-electron chi connectivity index (χ2n) is 7.97. The van der Waals surface area contributed by atoms with Gasteiger partial charge < -0.3 is 14.2 Å². The Hall–Kier alpha value is -1.85. The van der Waals surface area contributed by atoms with E-state index in [1.807, 2.05) is 56.9 Å². The first kappa shape index (κ1) is 19.9. The van der Waals surface area contributed by atoms with Gasteiger partial charge in [0.15, 0.2) is 0 Å². The number of aromatic nitrogens is 1. The molecule has 146 valence electrons. The van der Waals surface area contributed by atoms with E-state index < -0.39 is 5.41 Å². The molecule has 3 rings (SSSR count). The van der Waals surface area contributed by atoms with Crippen molar-refractivity contribution in [1.82, 2.24) is 10.1 Å². The van der Waals surface area contributed by atoms with Crippen LogP contribution in [0.1, 0.15) is 42.8 Å². The number of carbonyl (C=O) groups excluding carboxylic acids is 1. The largest absolute Gasteiger partial charge is 0.371 e. The molecule has 27 heavy (non-hydrogen) atoms. The molecular formula is C21H27ClN2O3. The van der Waals surface area contributed by atoms with E-state index >= 15 is 0 Å². The van der Waals surface area contributed by atoms with Crippen LogP contribution in [0.25, 0.3) is 0 Å². The Bertz CT molecular complexity index is 796. The minimum absolute atomic E-state index is 0.0459. The highest BCUT2D eigenvalue weighted by molar-refractivity contribution is 6.30. The van der Waals surface area contributed by atoms with Gasteiger partial charge in [0, 0.05) is 29.1 Å². The van der Waals surface area contributed by atoms with Gasteiger partial charge in [-0.2, -0.15) is 0 Å². The zero-order valence-corrected chi connectivity index (χ0v) is 17.2. The average Bonchev–Trinajstić information content (AvgIpc) is 3.19. The number of ether oxygens (including phenoxy) is 1. The summed E-state index contributed by atoms with van der Waals surface area (Å²) < 4.78 is 11.2. The van der Waals surface area contributed by atoms with Crippen LogP contribution in [0.3, 0.4) is 0 Å². The first-order chi connectivity index (χ1) is 12.8. The fraction of sp³-hybridized carbons (Fsp3) is 0.524. The molecule has 1 aliphatic heterocycles. The van der Waals surface area contributed by atoms with Gasteiger partial charge in [-0.25, -0.2) is 0 Å². The second kappa shape index (κ2) is 8.03. The molecular weight excluding hydrogens is 364 g/mol. The Labute approximate surface area is 165 Å². The van der Waals surface area contributed by atoms with Crippen LogP contribution >= 0.6 is 11.6 Å². The quantitative estimate of drug-likeness (QED) is 0.736. The predicted molar refractivity (Wildman–Crippen MR) is 105 cm³/mol. The molecule has 1 aromatic heterocycles. The predicted octanol–water partition coefficient (Wildman–Crippen LogP) is 4.33. The van der Waals surface area contributed by atoms with E-state index in [0.717, 1.165) is 35.5 Å². The maximum Gasteiger partial charge on any atom is 0.228 e. The number of hydrogen-bond acceptors (Lipinski definition) is 4. The van der Waals surface area contributed by atoms with Gasteiger partial charge in [0.25, 0.3) is 0 Å². The zero-order valence-electron chi connectivity index (χ0n) is 16.4. The monoisotopic (exact) mass is 390 g/mol. The van der Waals surface area contributed by atoms with E-state index in [1.54, 1.807) is 0 Å². The molecule has 5 nitrogen and oxygen atoms in total. The standard InChI is InChI=1S/C21H27ClN2O3/c1-14-19(15(2)27-23-14)13-26-18-8-9-24(12-18)20(25)21(3,4)11-16-6-5-7-17(22)10-16/h5-7,10,18H,8-9,11-13H2,1-4H3. The third-order valence-corrected chi connectivity index (χ3v) is 5.43. The van der Waals surface area contributed by atoms with Crippen LogP contribution in [-0.2, 0) is 22.6 Å². The zero-order chi connectivity index (χ0) is 19.6. The average molecular weight is 391 g/mol. The molecule has 1 unspecified atom stereocenters. The van der Waals surface area contributed by atoms with Crippen molar-refractivity contribution < 1.29 is 14.1 Å². The molecule has 1 saturated heterocycles. The number of halogens is 1. The van der Waals surface area contributed by atoms with Crippen LogP contribution < -0.4 is 0 Å². The summed E-state index contributed by atoms with van der Waals surface area (Å²) in [5.74, 6) is 0.951. The Balaban J connectivity index is 1.56. The Morgan fingerprint density at radius 1 is 1.41 bits per heavy atom. The smallest absolute Gasteiger partial charge is 0.228 e. The van der Waals surface area contributed by atoms with Gasteiger partial charge in [-0.15, -0.1) is 0 Å². The van der Waals surface area contributed by atoms with E-state index in [0.29, 0.717) is 24.6 Å². The topological polar surface area (TPSA) is 55.6 Å². The third kappa shape index (κ3) is 4.71. The van der Waals surface area contributed by atoms with E-state index in [9.17, 15) is 4.79 Å².